The fourth-order valence-corrected chi connectivity index (χ4v) is 2.70. The molecule has 4 nitrogen and oxygen atoms in total. The Morgan fingerprint density at radius 1 is 0.762 bits per heavy atom. The van der Waals surface area contributed by atoms with E-state index in [4.69, 9.17) is 8.92 Å². The molecule has 0 bridgehead atoms. The summed E-state index contributed by atoms with van der Waals surface area (Å²) in [5, 5.41) is 0. The Balaban J connectivity index is 1.66. The Hall–Kier alpha value is -1.85. The van der Waals surface area contributed by atoms with E-state index in [1.165, 1.54) is 12.1 Å². The number of unbranched alkanes of at least 4 members (excludes halogenated alkanes) is 1. The van der Waals surface area contributed by atoms with Crippen molar-refractivity contribution in [3.63, 3.8) is 0 Å². The molecule has 0 aromatic heterocycles. The third-order valence-corrected chi connectivity index (χ3v) is 4.15. The van der Waals surface area contributed by atoms with Crippen molar-refractivity contribution in [2.75, 3.05) is 13.2 Å². The van der Waals surface area contributed by atoms with Gasteiger partial charge in [-0.05, 0) is 37.1 Å². The highest BCUT2D eigenvalue weighted by Crippen LogP contribution is 2.12. The van der Waals surface area contributed by atoms with Gasteiger partial charge in [0.15, 0.2) is 0 Å². The summed E-state index contributed by atoms with van der Waals surface area (Å²) < 4.78 is 34.2. The van der Waals surface area contributed by atoms with Crippen molar-refractivity contribution in [3.8, 4) is 5.75 Å². The lowest BCUT2D eigenvalue weighted by molar-refractivity contribution is 0.268. The van der Waals surface area contributed by atoms with Crippen molar-refractivity contribution in [2.45, 2.75) is 17.7 Å². The molecule has 0 radical (unpaired) electrons. The summed E-state index contributed by atoms with van der Waals surface area (Å²) in [6, 6.07) is 17.7. The second-order valence-electron chi connectivity index (χ2n) is 4.46. The van der Waals surface area contributed by atoms with E-state index >= 15 is 0 Å². The first kappa shape index (κ1) is 15.5. The average Bonchev–Trinajstić information content (AvgIpc) is 2.52. The molecule has 21 heavy (non-hydrogen) atoms. The highest BCUT2D eigenvalue weighted by Gasteiger charge is 2.13. The first-order valence-electron chi connectivity index (χ1n) is 6.81. The van der Waals surface area contributed by atoms with Gasteiger partial charge in [-0.2, -0.15) is 8.42 Å². The van der Waals surface area contributed by atoms with Gasteiger partial charge >= 0.3 is 0 Å². The van der Waals surface area contributed by atoms with Gasteiger partial charge in [0.05, 0.1) is 18.1 Å². The third-order valence-electron chi connectivity index (χ3n) is 2.82. The van der Waals surface area contributed by atoms with Crippen molar-refractivity contribution in [2.24, 2.45) is 0 Å². The summed E-state index contributed by atoms with van der Waals surface area (Å²) in [7, 11) is -3.64. The van der Waals surface area contributed by atoms with E-state index in [-0.39, 0.29) is 11.5 Å². The van der Waals surface area contributed by atoms with Crippen LogP contribution in [0.5, 0.6) is 5.75 Å². The Labute approximate surface area is 125 Å². The quantitative estimate of drug-likeness (QED) is 0.555. The van der Waals surface area contributed by atoms with E-state index in [0.717, 1.165) is 12.2 Å². The number of hydrogen-bond acceptors (Lipinski definition) is 4. The highest BCUT2D eigenvalue weighted by atomic mass is 32.2. The van der Waals surface area contributed by atoms with Gasteiger partial charge in [0.1, 0.15) is 5.75 Å². The van der Waals surface area contributed by atoms with Gasteiger partial charge in [0.25, 0.3) is 10.1 Å². The molecule has 2 rings (SSSR count). The van der Waals surface area contributed by atoms with Gasteiger partial charge in [-0.25, -0.2) is 0 Å². The summed E-state index contributed by atoms with van der Waals surface area (Å²) in [5.41, 5.74) is 0. The Kier molecular flexibility index (Phi) is 5.78. The zero-order valence-electron chi connectivity index (χ0n) is 11.6. The number of hydrogen-bond donors (Lipinski definition) is 0. The topological polar surface area (TPSA) is 52.6 Å². The van der Waals surface area contributed by atoms with E-state index in [9.17, 15) is 8.42 Å². The van der Waals surface area contributed by atoms with E-state index in [1.54, 1.807) is 18.2 Å². The van der Waals surface area contributed by atoms with Gasteiger partial charge in [0.2, 0.25) is 0 Å². The highest BCUT2D eigenvalue weighted by molar-refractivity contribution is 7.86. The summed E-state index contributed by atoms with van der Waals surface area (Å²) in [6.45, 7) is 0.703. The van der Waals surface area contributed by atoms with Crippen molar-refractivity contribution in [1.29, 1.82) is 0 Å². The van der Waals surface area contributed by atoms with Crippen LogP contribution in [-0.2, 0) is 14.3 Å². The van der Waals surface area contributed by atoms with Crippen LogP contribution in [0.2, 0.25) is 0 Å². The Bertz CT molecular complexity index is 624. The van der Waals surface area contributed by atoms with Gasteiger partial charge < -0.3 is 4.74 Å². The first-order valence-corrected chi connectivity index (χ1v) is 8.22. The zero-order chi connectivity index (χ0) is 15.0. The van der Waals surface area contributed by atoms with Crippen molar-refractivity contribution in [1.82, 2.24) is 0 Å². The lowest BCUT2D eigenvalue weighted by atomic mass is 10.3. The van der Waals surface area contributed by atoms with Crippen LogP contribution in [0.3, 0.4) is 0 Å². The van der Waals surface area contributed by atoms with Gasteiger partial charge in [-0.1, -0.05) is 36.4 Å². The molecular weight excluding hydrogens is 288 g/mol. The minimum atomic E-state index is -3.64. The van der Waals surface area contributed by atoms with Gasteiger partial charge in [-0.15, -0.1) is 0 Å². The number of para-hydroxylation sites is 1. The molecule has 0 aliphatic carbocycles. The monoisotopic (exact) mass is 306 g/mol. The van der Waals surface area contributed by atoms with E-state index in [0.29, 0.717) is 13.0 Å². The molecule has 0 saturated heterocycles. The van der Waals surface area contributed by atoms with E-state index in [2.05, 4.69) is 0 Å². The molecule has 2 aromatic rings. The standard InChI is InChI=1S/C16H18O4S/c17-21(18,16-11-5-2-6-12-16)20-14-8-7-13-19-15-9-3-1-4-10-15/h1-6,9-12H,7-8,13-14H2. The van der Waals surface area contributed by atoms with E-state index in [1.807, 2.05) is 30.3 Å². The maximum absolute atomic E-state index is 11.8. The van der Waals surface area contributed by atoms with Crippen LogP contribution in [0.1, 0.15) is 12.8 Å². The maximum atomic E-state index is 11.8. The molecule has 0 atom stereocenters. The van der Waals surface area contributed by atoms with Crippen LogP contribution < -0.4 is 4.74 Å². The molecular formula is C16H18O4S. The summed E-state index contributed by atoms with van der Waals surface area (Å²) in [4.78, 5) is 0.186. The SMILES string of the molecule is O=S(=O)(OCCCCOc1ccccc1)c1ccccc1. The van der Waals surface area contributed by atoms with Crippen LogP contribution >= 0.6 is 0 Å². The largest absolute Gasteiger partial charge is 0.494 e. The molecule has 5 heteroatoms. The van der Waals surface area contributed by atoms with Crippen LogP contribution in [0.4, 0.5) is 0 Å². The molecule has 0 spiro atoms. The minimum Gasteiger partial charge on any atom is -0.494 e. The molecule has 0 unspecified atom stereocenters. The van der Waals surface area contributed by atoms with Gasteiger partial charge in [0, 0.05) is 0 Å². The Morgan fingerprint density at radius 2 is 1.33 bits per heavy atom. The maximum Gasteiger partial charge on any atom is 0.296 e. The molecule has 0 amide bonds. The molecule has 112 valence electrons. The molecule has 0 aliphatic heterocycles. The summed E-state index contributed by atoms with van der Waals surface area (Å²) >= 11 is 0. The molecule has 0 aliphatic rings. The van der Waals surface area contributed by atoms with Crippen LogP contribution in [0.25, 0.3) is 0 Å². The molecule has 0 fully saturated rings. The minimum absolute atomic E-state index is 0.162. The molecule has 0 saturated carbocycles. The smallest absolute Gasteiger partial charge is 0.296 e. The van der Waals surface area contributed by atoms with Crippen molar-refractivity contribution < 1.29 is 17.3 Å². The van der Waals surface area contributed by atoms with Crippen molar-refractivity contribution in [3.05, 3.63) is 60.7 Å². The first-order chi connectivity index (χ1) is 10.2. The average molecular weight is 306 g/mol. The van der Waals surface area contributed by atoms with Crippen LogP contribution in [0.15, 0.2) is 65.6 Å². The van der Waals surface area contributed by atoms with Crippen molar-refractivity contribution >= 4 is 10.1 Å². The Morgan fingerprint density at radius 3 is 2.00 bits per heavy atom. The summed E-state index contributed by atoms with van der Waals surface area (Å²) in [6.07, 6.45) is 1.36. The lowest BCUT2D eigenvalue weighted by Crippen LogP contribution is -2.08. The number of rotatable bonds is 8. The fourth-order valence-electron chi connectivity index (χ4n) is 1.73. The number of benzene rings is 2. The lowest BCUT2D eigenvalue weighted by Gasteiger charge is -2.07. The second-order valence-corrected chi connectivity index (χ2v) is 6.07. The van der Waals surface area contributed by atoms with E-state index < -0.39 is 10.1 Å². The number of ether oxygens (including phenoxy) is 1. The summed E-state index contributed by atoms with van der Waals surface area (Å²) in [5.74, 6) is 0.815. The zero-order valence-corrected chi connectivity index (χ0v) is 12.5. The molecule has 0 heterocycles. The normalized spacial score (nSPS) is 11.2. The second kappa shape index (κ2) is 7.81. The predicted octanol–water partition coefficient (Wildman–Crippen LogP) is 3.25. The molecule has 2 aromatic carbocycles. The predicted molar refractivity (Wildman–Crippen MR) is 80.8 cm³/mol. The fraction of sp³-hybridized carbons (Fsp3) is 0.250. The molecule has 0 N–H and O–H groups in total. The van der Waals surface area contributed by atoms with Gasteiger partial charge in [-0.3, -0.25) is 4.18 Å². The van der Waals surface area contributed by atoms with Crippen LogP contribution in [-0.4, -0.2) is 21.6 Å². The van der Waals surface area contributed by atoms with Crippen LogP contribution in [0, 0.1) is 0 Å². The third kappa shape index (κ3) is 5.21.